The van der Waals surface area contributed by atoms with Crippen molar-refractivity contribution < 1.29 is 22.6 Å². The second-order valence-corrected chi connectivity index (χ2v) is 4.42. The summed E-state index contributed by atoms with van der Waals surface area (Å²) in [5, 5.41) is 3.02. The molecule has 2 aromatic rings. The Labute approximate surface area is 125 Å². The van der Waals surface area contributed by atoms with Crippen molar-refractivity contribution in [2.45, 2.75) is 19.7 Å². The van der Waals surface area contributed by atoms with E-state index in [1.54, 1.807) is 18.2 Å². The van der Waals surface area contributed by atoms with Crippen LogP contribution >= 0.6 is 0 Å². The van der Waals surface area contributed by atoms with E-state index in [-0.39, 0.29) is 11.6 Å². The van der Waals surface area contributed by atoms with Gasteiger partial charge < -0.3 is 14.8 Å². The van der Waals surface area contributed by atoms with Crippen LogP contribution in [0, 0.1) is 5.82 Å². The fourth-order valence-electron chi connectivity index (χ4n) is 1.83. The highest BCUT2D eigenvalue weighted by molar-refractivity contribution is 5.29. The molecule has 22 heavy (non-hydrogen) atoms. The van der Waals surface area contributed by atoms with Gasteiger partial charge in [-0.25, -0.2) is 4.39 Å². The fraction of sp³-hybridized carbons (Fsp3) is 0.267. The average Bonchev–Trinajstić information content (AvgIpc) is 2.50. The van der Waals surface area contributed by atoms with Crippen LogP contribution in [0.2, 0.25) is 0 Å². The van der Waals surface area contributed by atoms with Crippen LogP contribution in [0.15, 0.2) is 36.5 Å². The summed E-state index contributed by atoms with van der Waals surface area (Å²) >= 11 is 0. The minimum atomic E-state index is -2.87. The molecule has 1 aromatic carbocycles. The Kier molecular flexibility index (Phi) is 5.60. The van der Waals surface area contributed by atoms with Crippen molar-refractivity contribution in [3.8, 4) is 11.5 Å². The lowest BCUT2D eigenvalue weighted by atomic mass is 10.2. The standard InChI is InChI=1S/C15H15F3N2O2/c1-21-12-4-5-14(16)10(6-12)7-19-8-11-2-3-13(9-20-11)22-15(17)18/h2-6,9,15,19H,7-8H2,1H3. The molecule has 0 aliphatic rings. The lowest BCUT2D eigenvalue weighted by molar-refractivity contribution is -0.0500. The van der Waals surface area contributed by atoms with Crippen molar-refractivity contribution in [2.24, 2.45) is 0 Å². The van der Waals surface area contributed by atoms with Gasteiger partial charge in [-0.1, -0.05) is 0 Å². The van der Waals surface area contributed by atoms with E-state index >= 15 is 0 Å². The third kappa shape index (κ3) is 4.63. The molecule has 1 heterocycles. The lowest BCUT2D eigenvalue weighted by Crippen LogP contribution is -2.14. The Morgan fingerprint density at radius 1 is 1.14 bits per heavy atom. The van der Waals surface area contributed by atoms with Gasteiger partial charge in [0.1, 0.15) is 17.3 Å². The van der Waals surface area contributed by atoms with Crippen molar-refractivity contribution in [1.29, 1.82) is 0 Å². The van der Waals surface area contributed by atoms with E-state index in [2.05, 4.69) is 15.0 Å². The number of rotatable bonds is 7. The molecule has 0 aliphatic heterocycles. The van der Waals surface area contributed by atoms with Crippen LogP contribution in [0.25, 0.3) is 0 Å². The van der Waals surface area contributed by atoms with Gasteiger partial charge in [-0.2, -0.15) is 8.78 Å². The molecule has 0 saturated carbocycles. The summed E-state index contributed by atoms with van der Waals surface area (Å²) in [6.45, 7) is -2.21. The highest BCUT2D eigenvalue weighted by atomic mass is 19.3. The average molecular weight is 312 g/mol. The van der Waals surface area contributed by atoms with Crippen LogP contribution in [-0.4, -0.2) is 18.7 Å². The fourth-order valence-corrected chi connectivity index (χ4v) is 1.83. The number of hydrogen-bond acceptors (Lipinski definition) is 4. The van der Waals surface area contributed by atoms with Crippen molar-refractivity contribution in [3.63, 3.8) is 0 Å². The SMILES string of the molecule is COc1ccc(F)c(CNCc2ccc(OC(F)F)cn2)c1. The Hall–Kier alpha value is -2.28. The van der Waals surface area contributed by atoms with E-state index in [4.69, 9.17) is 4.74 Å². The zero-order chi connectivity index (χ0) is 15.9. The molecule has 0 spiro atoms. The van der Waals surface area contributed by atoms with Gasteiger partial charge >= 0.3 is 6.61 Å². The largest absolute Gasteiger partial charge is 0.497 e. The molecule has 4 nitrogen and oxygen atoms in total. The van der Waals surface area contributed by atoms with Gasteiger partial charge in [-0.15, -0.1) is 0 Å². The Morgan fingerprint density at radius 2 is 1.91 bits per heavy atom. The molecule has 1 N–H and O–H groups in total. The number of pyridine rings is 1. The molecule has 0 atom stereocenters. The molecular formula is C15H15F3N2O2. The Morgan fingerprint density at radius 3 is 2.55 bits per heavy atom. The molecule has 2 rings (SSSR count). The highest BCUT2D eigenvalue weighted by Gasteiger charge is 2.06. The number of methoxy groups -OCH3 is 1. The van der Waals surface area contributed by atoms with Crippen molar-refractivity contribution in [3.05, 3.63) is 53.6 Å². The second kappa shape index (κ2) is 7.65. The first-order valence-corrected chi connectivity index (χ1v) is 6.51. The molecule has 7 heteroatoms. The van der Waals surface area contributed by atoms with Gasteiger partial charge in [0.15, 0.2) is 0 Å². The van der Waals surface area contributed by atoms with Gasteiger partial charge in [-0.3, -0.25) is 4.98 Å². The Bertz CT molecular complexity index is 606. The van der Waals surface area contributed by atoms with Crippen molar-refractivity contribution >= 4 is 0 Å². The van der Waals surface area contributed by atoms with Crippen LogP contribution in [0.4, 0.5) is 13.2 Å². The number of hydrogen-bond donors (Lipinski definition) is 1. The van der Waals surface area contributed by atoms with Crippen LogP contribution in [-0.2, 0) is 13.1 Å². The third-order valence-corrected chi connectivity index (χ3v) is 2.90. The smallest absolute Gasteiger partial charge is 0.387 e. The van der Waals surface area contributed by atoms with Crippen LogP contribution in [0.3, 0.4) is 0 Å². The molecule has 0 saturated heterocycles. The number of alkyl halides is 2. The van der Waals surface area contributed by atoms with Crippen molar-refractivity contribution in [2.75, 3.05) is 7.11 Å². The first-order valence-electron chi connectivity index (χ1n) is 6.51. The summed E-state index contributed by atoms with van der Waals surface area (Å²) in [5.74, 6) is 0.240. The minimum Gasteiger partial charge on any atom is -0.497 e. The van der Waals surface area contributed by atoms with Crippen LogP contribution < -0.4 is 14.8 Å². The van der Waals surface area contributed by atoms with Gasteiger partial charge in [0.25, 0.3) is 0 Å². The number of halogens is 3. The summed E-state index contributed by atoms with van der Waals surface area (Å²) in [4.78, 5) is 3.98. The van der Waals surface area contributed by atoms with E-state index in [0.717, 1.165) is 0 Å². The molecule has 0 aliphatic carbocycles. The number of nitrogens with one attached hydrogen (secondary N) is 1. The summed E-state index contributed by atoms with van der Waals surface area (Å²) < 4.78 is 46.9. The van der Waals surface area contributed by atoms with E-state index in [9.17, 15) is 13.2 Å². The molecular weight excluding hydrogens is 297 g/mol. The normalized spacial score (nSPS) is 10.8. The monoisotopic (exact) mass is 312 g/mol. The highest BCUT2D eigenvalue weighted by Crippen LogP contribution is 2.16. The molecule has 0 fully saturated rings. The summed E-state index contributed by atoms with van der Waals surface area (Å²) in [6, 6.07) is 7.46. The number of aromatic nitrogens is 1. The van der Waals surface area contributed by atoms with E-state index < -0.39 is 6.61 Å². The summed E-state index contributed by atoms with van der Waals surface area (Å²) in [7, 11) is 1.51. The number of benzene rings is 1. The van der Waals surface area contributed by atoms with E-state index in [0.29, 0.717) is 30.1 Å². The van der Waals surface area contributed by atoms with E-state index in [1.807, 2.05) is 0 Å². The van der Waals surface area contributed by atoms with Gasteiger partial charge in [0, 0.05) is 18.7 Å². The summed E-state index contributed by atoms with van der Waals surface area (Å²) in [5.41, 5.74) is 1.10. The van der Waals surface area contributed by atoms with Crippen LogP contribution in [0.5, 0.6) is 11.5 Å². The van der Waals surface area contributed by atoms with Crippen LogP contribution in [0.1, 0.15) is 11.3 Å². The molecule has 0 unspecified atom stereocenters. The number of nitrogens with zero attached hydrogens (tertiary/aromatic N) is 1. The minimum absolute atomic E-state index is 0.00223. The van der Waals surface area contributed by atoms with Gasteiger partial charge in [-0.05, 0) is 30.3 Å². The Balaban J connectivity index is 1.88. The summed E-state index contributed by atoms with van der Waals surface area (Å²) in [6.07, 6.45) is 1.22. The maximum absolute atomic E-state index is 13.6. The second-order valence-electron chi connectivity index (χ2n) is 4.42. The number of ether oxygens (including phenoxy) is 2. The van der Waals surface area contributed by atoms with E-state index in [1.165, 1.54) is 25.4 Å². The first kappa shape index (κ1) is 16.1. The molecule has 0 radical (unpaired) electrons. The molecule has 118 valence electrons. The quantitative estimate of drug-likeness (QED) is 0.853. The predicted molar refractivity (Wildman–Crippen MR) is 74.4 cm³/mol. The maximum Gasteiger partial charge on any atom is 0.387 e. The van der Waals surface area contributed by atoms with Gasteiger partial charge in [0.05, 0.1) is 19.0 Å². The van der Waals surface area contributed by atoms with Crippen molar-refractivity contribution in [1.82, 2.24) is 10.3 Å². The first-order chi connectivity index (χ1) is 10.6. The van der Waals surface area contributed by atoms with Gasteiger partial charge in [0.2, 0.25) is 0 Å². The molecule has 0 amide bonds. The molecule has 1 aromatic heterocycles. The maximum atomic E-state index is 13.6. The molecule has 0 bridgehead atoms. The zero-order valence-electron chi connectivity index (χ0n) is 11.9. The zero-order valence-corrected chi connectivity index (χ0v) is 11.9. The predicted octanol–water partition coefficient (Wildman–Crippen LogP) is 3.12. The lowest BCUT2D eigenvalue weighted by Gasteiger charge is -2.08. The third-order valence-electron chi connectivity index (χ3n) is 2.90. The topological polar surface area (TPSA) is 43.4 Å².